The number of nitrogens with zero attached hydrogens (tertiary/aromatic N) is 1. The first-order valence-electron chi connectivity index (χ1n) is 6.82. The standard InChI is InChI=1S/C12H22N2O2S/c15-17(16)7-4-10(9-17)8-13-11-3-6-14-5-1-2-12(11)14/h10-13H,1-9H2. The first-order valence-corrected chi connectivity index (χ1v) is 8.64. The predicted molar refractivity (Wildman–Crippen MR) is 67.8 cm³/mol. The summed E-state index contributed by atoms with van der Waals surface area (Å²) in [6.07, 6.45) is 4.75. The van der Waals surface area contributed by atoms with Crippen molar-refractivity contribution >= 4 is 9.84 Å². The zero-order valence-electron chi connectivity index (χ0n) is 10.3. The minimum atomic E-state index is -2.71. The number of nitrogens with one attached hydrogen (secondary N) is 1. The Balaban J connectivity index is 1.49. The number of hydrogen-bond acceptors (Lipinski definition) is 4. The van der Waals surface area contributed by atoms with E-state index < -0.39 is 9.84 Å². The van der Waals surface area contributed by atoms with Crippen molar-refractivity contribution in [3.8, 4) is 0 Å². The van der Waals surface area contributed by atoms with Crippen LogP contribution in [0, 0.1) is 5.92 Å². The summed E-state index contributed by atoms with van der Waals surface area (Å²) in [4.78, 5) is 2.59. The highest BCUT2D eigenvalue weighted by atomic mass is 32.2. The highest BCUT2D eigenvalue weighted by Gasteiger charge is 2.37. The molecule has 1 N–H and O–H groups in total. The molecule has 0 radical (unpaired) electrons. The van der Waals surface area contributed by atoms with Gasteiger partial charge in [-0.15, -0.1) is 0 Å². The van der Waals surface area contributed by atoms with Crippen LogP contribution in [0.2, 0.25) is 0 Å². The Kier molecular flexibility index (Phi) is 3.17. The molecule has 3 saturated heterocycles. The minimum absolute atomic E-state index is 0.357. The van der Waals surface area contributed by atoms with Crippen molar-refractivity contribution in [2.45, 2.75) is 37.8 Å². The molecule has 0 saturated carbocycles. The van der Waals surface area contributed by atoms with Crippen molar-refractivity contribution in [2.24, 2.45) is 5.92 Å². The summed E-state index contributed by atoms with van der Waals surface area (Å²) in [6.45, 7) is 3.39. The lowest BCUT2D eigenvalue weighted by Gasteiger charge is -2.22. The van der Waals surface area contributed by atoms with E-state index in [9.17, 15) is 8.42 Å². The van der Waals surface area contributed by atoms with E-state index in [0.717, 1.165) is 19.0 Å². The van der Waals surface area contributed by atoms with Gasteiger partial charge in [-0.2, -0.15) is 0 Å². The van der Waals surface area contributed by atoms with E-state index in [0.29, 0.717) is 23.5 Å². The third-order valence-corrected chi connectivity index (χ3v) is 6.44. The topological polar surface area (TPSA) is 49.4 Å². The second-order valence-corrected chi connectivity index (χ2v) is 8.05. The molecule has 98 valence electrons. The molecule has 3 aliphatic rings. The molecule has 17 heavy (non-hydrogen) atoms. The fraction of sp³-hybridized carbons (Fsp3) is 1.00. The molecule has 5 heteroatoms. The van der Waals surface area contributed by atoms with Crippen LogP contribution in [0.3, 0.4) is 0 Å². The average Bonchev–Trinajstić information content (AvgIpc) is 2.90. The fourth-order valence-electron chi connectivity index (χ4n) is 3.67. The molecule has 0 spiro atoms. The number of fused-ring (bicyclic) bond motifs is 1. The molecular weight excluding hydrogens is 236 g/mol. The molecule has 0 bridgehead atoms. The van der Waals surface area contributed by atoms with Gasteiger partial charge in [0.15, 0.2) is 9.84 Å². The molecule has 3 atom stereocenters. The molecule has 0 aromatic carbocycles. The molecule has 0 aromatic heterocycles. The largest absolute Gasteiger partial charge is 0.312 e. The van der Waals surface area contributed by atoms with Crippen molar-refractivity contribution in [3.05, 3.63) is 0 Å². The highest BCUT2D eigenvalue weighted by molar-refractivity contribution is 7.91. The summed E-state index contributed by atoms with van der Waals surface area (Å²) in [5, 5.41) is 3.63. The Morgan fingerprint density at radius 1 is 1.18 bits per heavy atom. The van der Waals surface area contributed by atoms with Crippen LogP contribution in [-0.2, 0) is 9.84 Å². The first-order chi connectivity index (χ1) is 8.14. The lowest BCUT2D eigenvalue weighted by Crippen LogP contribution is -2.41. The van der Waals surface area contributed by atoms with Crippen LogP contribution in [0.25, 0.3) is 0 Å². The summed E-state index contributed by atoms with van der Waals surface area (Å²) in [5.74, 6) is 1.16. The molecule has 4 nitrogen and oxygen atoms in total. The van der Waals surface area contributed by atoms with Crippen LogP contribution in [0.1, 0.15) is 25.7 Å². The van der Waals surface area contributed by atoms with Crippen LogP contribution >= 0.6 is 0 Å². The Bertz CT molecular complexity index is 382. The SMILES string of the molecule is O=S1(=O)CCC(CNC2CCN3CCCC23)C1. The Morgan fingerprint density at radius 3 is 2.82 bits per heavy atom. The summed E-state index contributed by atoms with van der Waals surface area (Å²) in [6, 6.07) is 1.34. The van der Waals surface area contributed by atoms with Crippen LogP contribution in [-0.4, -0.2) is 56.5 Å². The number of rotatable bonds is 3. The normalized spacial score (nSPS) is 40.8. The van der Waals surface area contributed by atoms with E-state index in [1.807, 2.05) is 0 Å². The maximum Gasteiger partial charge on any atom is 0.150 e. The third-order valence-electron chi connectivity index (χ3n) is 4.60. The van der Waals surface area contributed by atoms with Crippen molar-refractivity contribution < 1.29 is 8.42 Å². The minimum Gasteiger partial charge on any atom is -0.312 e. The maximum absolute atomic E-state index is 11.4. The molecule has 3 unspecified atom stereocenters. The fourth-order valence-corrected chi connectivity index (χ4v) is 5.53. The van der Waals surface area contributed by atoms with Crippen molar-refractivity contribution in [1.82, 2.24) is 10.2 Å². The third kappa shape index (κ3) is 2.51. The van der Waals surface area contributed by atoms with Gasteiger partial charge in [-0.3, -0.25) is 4.90 Å². The average molecular weight is 258 g/mol. The second-order valence-electron chi connectivity index (χ2n) is 5.82. The summed E-state index contributed by atoms with van der Waals surface area (Å²) in [5.41, 5.74) is 0. The van der Waals surface area contributed by atoms with E-state index >= 15 is 0 Å². The van der Waals surface area contributed by atoms with Gasteiger partial charge in [0.25, 0.3) is 0 Å². The Hall–Kier alpha value is -0.130. The predicted octanol–water partition coefficient (Wildman–Crippen LogP) is 0.247. The van der Waals surface area contributed by atoms with Gasteiger partial charge < -0.3 is 5.32 Å². The Morgan fingerprint density at radius 2 is 2.06 bits per heavy atom. The van der Waals surface area contributed by atoms with E-state index in [4.69, 9.17) is 0 Å². The lowest BCUT2D eigenvalue weighted by molar-refractivity contribution is 0.294. The second kappa shape index (κ2) is 4.52. The quantitative estimate of drug-likeness (QED) is 0.788. The first kappa shape index (κ1) is 11.9. The lowest BCUT2D eigenvalue weighted by atomic mass is 10.0. The molecular formula is C12H22N2O2S. The zero-order valence-corrected chi connectivity index (χ0v) is 11.1. The van der Waals surface area contributed by atoms with Crippen molar-refractivity contribution in [1.29, 1.82) is 0 Å². The van der Waals surface area contributed by atoms with Gasteiger partial charge in [0.1, 0.15) is 0 Å². The highest BCUT2D eigenvalue weighted by Crippen LogP contribution is 2.28. The van der Waals surface area contributed by atoms with Gasteiger partial charge in [0.05, 0.1) is 11.5 Å². The Labute approximate surface area is 104 Å². The summed E-state index contributed by atoms with van der Waals surface area (Å²) >= 11 is 0. The number of sulfone groups is 1. The summed E-state index contributed by atoms with van der Waals surface area (Å²) in [7, 11) is -2.71. The maximum atomic E-state index is 11.4. The van der Waals surface area contributed by atoms with E-state index in [-0.39, 0.29) is 0 Å². The van der Waals surface area contributed by atoms with Crippen molar-refractivity contribution in [3.63, 3.8) is 0 Å². The van der Waals surface area contributed by atoms with Crippen LogP contribution in [0.4, 0.5) is 0 Å². The molecule has 3 rings (SSSR count). The zero-order chi connectivity index (χ0) is 11.9. The molecule has 3 heterocycles. The van der Waals surface area contributed by atoms with Crippen LogP contribution < -0.4 is 5.32 Å². The molecule has 0 aliphatic carbocycles. The molecule has 3 aliphatic heterocycles. The monoisotopic (exact) mass is 258 g/mol. The van der Waals surface area contributed by atoms with E-state index in [1.165, 1.54) is 32.4 Å². The van der Waals surface area contributed by atoms with Crippen LogP contribution in [0.15, 0.2) is 0 Å². The molecule has 0 amide bonds. The van der Waals surface area contributed by atoms with Gasteiger partial charge in [-0.25, -0.2) is 8.42 Å². The van der Waals surface area contributed by atoms with Crippen LogP contribution in [0.5, 0.6) is 0 Å². The smallest absolute Gasteiger partial charge is 0.150 e. The number of hydrogen-bond donors (Lipinski definition) is 1. The van der Waals surface area contributed by atoms with Gasteiger partial charge in [-0.05, 0) is 44.7 Å². The summed E-state index contributed by atoms with van der Waals surface area (Å²) < 4.78 is 22.8. The molecule has 3 fully saturated rings. The van der Waals surface area contributed by atoms with Crippen molar-refractivity contribution in [2.75, 3.05) is 31.1 Å². The molecule has 0 aromatic rings. The van der Waals surface area contributed by atoms with Gasteiger partial charge in [-0.1, -0.05) is 0 Å². The van der Waals surface area contributed by atoms with E-state index in [1.54, 1.807) is 0 Å². The van der Waals surface area contributed by atoms with Gasteiger partial charge in [0, 0.05) is 18.6 Å². The van der Waals surface area contributed by atoms with Gasteiger partial charge >= 0.3 is 0 Å². The van der Waals surface area contributed by atoms with Gasteiger partial charge in [0.2, 0.25) is 0 Å². The van der Waals surface area contributed by atoms with E-state index in [2.05, 4.69) is 10.2 Å².